The second kappa shape index (κ2) is 3.91. The molecule has 1 aromatic carbocycles. The zero-order chi connectivity index (χ0) is 9.73. The van der Waals surface area contributed by atoms with Crippen LogP contribution in [0.1, 0.15) is 19.4 Å². The minimum Gasteiger partial charge on any atom is -0.197 e. The molecular formula is C12H13N. The lowest BCUT2D eigenvalue weighted by Crippen LogP contribution is -2.01. The molecule has 0 amide bonds. The van der Waals surface area contributed by atoms with Crippen molar-refractivity contribution in [2.24, 2.45) is 5.41 Å². The van der Waals surface area contributed by atoms with Crippen LogP contribution in [0.2, 0.25) is 0 Å². The van der Waals surface area contributed by atoms with Crippen LogP contribution in [-0.2, 0) is 0 Å². The molecule has 1 rings (SSSR count). The van der Waals surface area contributed by atoms with Crippen LogP contribution in [0.4, 0.5) is 0 Å². The van der Waals surface area contributed by atoms with E-state index >= 15 is 0 Å². The molecule has 0 saturated carbocycles. The quantitative estimate of drug-likeness (QED) is 0.670. The molecule has 0 heterocycles. The van der Waals surface area contributed by atoms with E-state index in [1.807, 2.05) is 56.3 Å². The summed E-state index contributed by atoms with van der Waals surface area (Å²) in [7, 11) is 0. The van der Waals surface area contributed by atoms with E-state index in [1.54, 1.807) is 0 Å². The summed E-state index contributed by atoms with van der Waals surface area (Å²) >= 11 is 0. The zero-order valence-electron chi connectivity index (χ0n) is 7.99. The minimum atomic E-state index is -0.379. The van der Waals surface area contributed by atoms with Gasteiger partial charge < -0.3 is 0 Å². The summed E-state index contributed by atoms with van der Waals surface area (Å²) in [6.07, 6.45) is 3.89. The fourth-order valence-corrected chi connectivity index (χ4v) is 0.906. The van der Waals surface area contributed by atoms with E-state index in [-0.39, 0.29) is 5.41 Å². The van der Waals surface area contributed by atoms with Crippen LogP contribution in [-0.4, -0.2) is 0 Å². The number of rotatable bonds is 2. The molecule has 0 bridgehead atoms. The molecule has 0 aliphatic rings. The Morgan fingerprint density at radius 2 is 1.85 bits per heavy atom. The minimum absolute atomic E-state index is 0.379. The molecular weight excluding hydrogens is 158 g/mol. The summed E-state index contributed by atoms with van der Waals surface area (Å²) in [5.41, 5.74) is 0.751. The Bertz CT molecular complexity index is 328. The highest BCUT2D eigenvalue weighted by Crippen LogP contribution is 2.16. The van der Waals surface area contributed by atoms with Gasteiger partial charge in [0.15, 0.2) is 0 Å². The summed E-state index contributed by atoms with van der Waals surface area (Å²) in [5.74, 6) is 0. The van der Waals surface area contributed by atoms with Gasteiger partial charge in [-0.15, -0.1) is 0 Å². The molecule has 0 aliphatic carbocycles. The second-order valence-corrected chi connectivity index (χ2v) is 3.58. The van der Waals surface area contributed by atoms with Crippen molar-refractivity contribution >= 4 is 6.08 Å². The molecule has 0 aliphatic heterocycles. The fraction of sp³-hybridized carbons (Fsp3) is 0.250. The average Bonchev–Trinajstić information content (AvgIpc) is 2.17. The molecule has 0 unspecified atom stereocenters. The molecule has 1 aromatic rings. The van der Waals surface area contributed by atoms with E-state index in [0.717, 1.165) is 5.56 Å². The molecule has 1 nitrogen and oxygen atoms in total. The molecule has 13 heavy (non-hydrogen) atoms. The third kappa shape index (κ3) is 3.13. The van der Waals surface area contributed by atoms with Crippen LogP contribution < -0.4 is 0 Å². The van der Waals surface area contributed by atoms with Crippen LogP contribution in [0.5, 0.6) is 0 Å². The van der Waals surface area contributed by atoms with Gasteiger partial charge in [-0.3, -0.25) is 0 Å². The van der Waals surface area contributed by atoms with E-state index < -0.39 is 0 Å². The first-order valence-electron chi connectivity index (χ1n) is 4.29. The number of allylic oxidation sites excluding steroid dienone is 1. The Kier molecular flexibility index (Phi) is 2.87. The molecule has 66 valence electrons. The van der Waals surface area contributed by atoms with E-state index in [2.05, 4.69) is 6.07 Å². The van der Waals surface area contributed by atoms with Crippen LogP contribution in [0.25, 0.3) is 6.08 Å². The maximum atomic E-state index is 8.77. The Labute approximate surface area is 79.3 Å². The molecule has 0 N–H and O–H groups in total. The lowest BCUT2D eigenvalue weighted by atomic mass is 9.94. The number of benzene rings is 1. The second-order valence-electron chi connectivity index (χ2n) is 3.58. The first-order valence-corrected chi connectivity index (χ1v) is 4.29. The van der Waals surface area contributed by atoms with Crippen molar-refractivity contribution in [2.45, 2.75) is 13.8 Å². The van der Waals surface area contributed by atoms with Gasteiger partial charge >= 0.3 is 0 Å². The van der Waals surface area contributed by atoms with Gasteiger partial charge in [0.25, 0.3) is 0 Å². The summed E-state index contributed by atoms with van der Waals surface area (Å²) in [6, 6.07) is 12.2. The van der Waals surface area contributed by atoms with Gasteiger partial charge in [0.1, 0.15) is 0 Å². The molecule has 0 spiro atoms. The molecule has 1 heteroatoms. The summed E-state index contributed by atoms with van der Waals surface area (Å²) < 4.78 is 0. The van der Waals surface area contributed by atoms with E-state index in [9.17, 15) is 0 Å². The molecule has 0 radical (unpaired) electrons. The standard InChI is InChI=1S/C12H13N/c1-12(2,10-13)9-8-11-6-4-3-5-7-11/h3-9H,1-2H3/b9-8+. The van der Waals surface area contributed by atoms with Crippen molar-refractivity contribution in [3.05, 3.63) is 42.0 Å². The summed E-state index contributed by atoms with van der Waals surface area (Å²) in [6.45, 7) is 3.79. The zero-order valence-corrected chi connectivity index (χ0v) is 7.99. The smallest absolute Gasteiger partial charge is 0.0725 e. The van der Waals surface area contributed by atoms with Gasteiger partial charge in [0, 0.05) is 0 Å². The lowest BCUT2D eigenvalue weighted by molar-refractivity contribution is 0.647. The summed E-state index contributed by atoms with van der Waals surface area (Å²) in [5, 5.41) is 8.77. The van der Waals surface area contributed by atoms with Crippen molar-refractivity contribution in [1.82, 2.24) is 0 Å². The third-order valence-electron chi connectivity index (χ3n) is 1.78. The lowest BCUT2D eigenvalue weighted by Gasteiger charge is -2.07. The predicted molar refractivity (Wildman–Crippen MR) is 54.9 cm³/mol. The van der Waals surface area contributed by atoms with E-state index in [4.69, 9.17) is 5.26 Å². The predicted octanol–water partition coefficient (Wildman–Crippen LogP) is 3.25. The fourth-order valence-electron chi connectivity index (χ4n) is 0.906. The maximum Gasteiger partial charge on any atom is 0.0725 e. The molecule has 0 atom stereocenters. The first kappa shape index (κ1) is 9.54. The highest BCUT2D eigenvalue weighted by Gasteiger charge is 2.10. The first-order chi connectivity index (χ1) is 6.14. The van der Waals surface area contributed by atoms with Gasteiger partial charge in [-0.2, -0.15) is 5.26 Å². The van der Waals surface area contributed by atoms with Crippen LogP contribution >= 0.6 is 0 Å². The number of hydrogen-bond donors (Lipinski definition) is 0. The topological polar surface area (TPSA) is 23.8 Å². The number of hydrogen-bond acceptors (Lipinski definition) is 1. The van der Waals surface area contributed by atoms with Crippen LogP contribution in [0.15, 0.2) is 36.4 Å². The van der Waals surface area contributed by atoms with Crippen molar-refractivity contribution in [3.8, 4) is 6.07 Å². The monoisotopic (exact) mass is 171 g/mol. The highest BCUT2D eigenvalue weighted by atomic mass is 14.3. The van der Waals surface area contributed by atoms with Crippen LogP contribution in [0.3, 0.4) is 0 Å². The molecule has 0 fully saturated rings. The van der Waals surface area contributed by atoms with E-state index in [1.165, 1.54) is 0 Å². The summed E-state index contributed by atoms with van der Waals surface area (Å²) in [4.78, 5) is 0. The van der Waals surface area contributed by atoms with Crippen molar-refractivity contribution in [2.75, 3.05) is 0 Å². The molecule has 0 saturated heterocycles. The number of nitrogens with zero attached hydrogens (tertiary/aromatic N) is 1. The van der Waals surface area contributed by atoms with Gasteiger partial charge in [-0.25, -0.2) is 0 Å². The van der Waals surface area contributed by atoms with Gasteiger partial charge in [0.2, 0.25) is 0 Å². The Morgan fingerprint density at radius 3 is 2.38 bits per heavy atom. The van der Waals surface area contributed by atoms with Crippen molar-refractivity contribution in [1.29, 1.82) is 5.26 Å². The van der Waals surface area contributed by atoms with Gasteiger partial charge in [-0.1, -0.05) is 42.5 Å². The van der Waals surface area contributed by atoms with Gasteiger partial charge in [0.05, 0.1) is 11.5 Å². The van der Waals surface area contributed by atoms with Crippen molar-refractivity contribution in [3.63, 3.8) is 0 Å². The largest absolute Gasteiger partial charge is 0.197 e. The Morgan fingerprint density at radius 1 is 1.23 bits per heavy atom. The van der Waals surface area contributed by atoms with Gasteiger partial charge in [-0.05, 0) is 19.4 Å². The SMILES string of the molecule is CC(C)(C#N)/C=C/c1ccccc1. The van der Waals surface area contributed by atoms with Crippen LogP contribution in [0, 0.1) is 16.7 Å². The Hall–Kier alpha value is -1.55. The normalized spacial score (nSPS) is 11.5. The van der Waals surface area contributed by atoms with Crippen molar-refractivity contribution < 1.29 is 0 Å². The highest BCUT2D eigenvalue weighted by molar-refractivity contribution is 5.50. The maximum absolute atomic E-state index is 8.77. The number of nitriles is 1. The average molecular weight is 171 g/mol. The molecule has 0 aromatic heterocycles. The third-order valence-corrected chi connectivity index (χ3v) is 1.78. The van der Waals surface area contributed by atoms with E-state index in [0.29, 0.717) is 0 Å². The Balaban J connectivity index is 2.77.